The summed E-state index contributed by atoms with van der Waals surface area (Å²) in [6.07, 6.45) is 0.975. The van der Waals surface area contributed by atoms with Gasteiger partial charge in [-0.25, -0.2) is 0 Å². The summed E-state index contributed by atoms with van der Waals surface area (Å²) in [4.78, 5) is 0. The highest BCUT2D eigenvalue weighted by atomic mass is 14.7. The molecule has 0 bridgehead atoms. The Morgan fingerprint density at radius 2 is 1.59 bits per heavy atom. The highest BCUT2D eigenvalue weighted by Crippen LogP contribution is 2.44. The molecule has 0 aromatic heterocycles. The van der Waals surface area contributed by atoms with Crippen LogP contribution in [0, 0.1) is 13.8 Å². The second kappa shape index (κ2) is 3.27. The highest BCUT2D eigenvalue weighted by Gasteiger charge is 2.24. The van der Waals surface area contributed by atoms with Gasteiger partial charge in [-0.2, -0.15) is 0 Å². The van der Waals surface area contributed by atoms with Gasteiger partial charge in [0.1, 0.15) is 0 Å². The molecular formula is C15H16N2. The first-order chi connectivity index (χ1) is 8.11. The van der Waals surface area contributed by atoms with Crippen molar-refractivity contribution < 1.29 is 0 Å². The van der Waals surface area contributed by atoms with Gasteiger partial charge >= 0.3 is 0 Å². The zero-order valence-electron chi connectivity index (χ0n) is 10.2. The van der Waals surface area contributed by atoms with Crippen LogP contribution >= 0.6 is 0 Å². The predicted octanol–water partition coefficient (Wildman–Crippen LogP) is 3.04. The number of rotatable bonds is 0. The third-order valence-electron chi connectivity index (χ3n) is 3.88. The molecule has 86 valence electrons. The molecule has 0 fully saturated rings. The molecule has 2 aromatic carbocycles. The van der Waals surface area contributed by atoms with Gasteiger partial charge in [0.05, 0.1) is 11.4 Å². The van der Waals surface area contributed by atoms with Crippen LogP contribution < -0.4 is 11.5 Å². The van der Waals surface area contributed by atoms with E-state index in [1.165, 1.54) is 22.3 Å². The van der Waals surface area contributed by atoms with Crippen molar-refractivity contribution in [1.82, 2.24) is 0 Å². The molecule has 0 radical (unpaired) electrons. The van der Waals surface area contributed by atoms with E-state index in [1.54, 1.807) is 0 Å². The molecule has 0 aliphatic heterocycles. The first-order valence-corrected chi connectivity index (χ1v) is 5.86. The molecule has 1 aliphatic carbocycles. The molecule has 2 heteroatoms. The standard InChI is InChI=1S/C15H16N2/c1-8-12-7-10-5-3-4-6-11(10)13(12)9(2)15(17)14(8)16/h3-6H,7,16-17H2,1-2H3. The fraction of sp³-hybridized carbons (Fsp3) is 0.200. The predicted molar refractivity (Wildman–Crippen MR) is 73.0 cm³/mol. The zero-order valence-corrected chi connectivity index (χ0v) is 10.2. The summed E-state index contributed by atoms with van der Waals surface area (Å²) in [7, 11) is 0. The summed E-state index contributed by atoms with van der Waals surface area (Å²) in [6, 6.07) is 8.52. The number of hydrogen-bond acceptors (Lipinski definition) is 2. The Hall–Kier alpha value is -1.96. The summed E-state index contributed by atoms with van der Waals surface area (Å²) >= 11 is 0. The Bertz CT molecular complexity index is 627. The lowest BCUT2D eigenvalue weighted by molar-refractivity contribution is 1.21. The number of anilines is 2. The van der Waals surface area contributed by atoms with Crippen molar-refractivity contribution >= 4 is 11.4 Å². The number of nitrogen functional groups attached to an aromatic ring is 2. The fourth-order valence-electron chi connectivity index (χ4n) is 2.81. The van der Waals surface area contributed by atoms with E-state index < -0.39 is 0 Å². The van der Waals surface area contributed by atoms with Crippen molar-refractivity contribution in [3.8, 4) is 11.1 Å². The van der Waals surface area contributed by atoms with Gasteiger partial charge in [-0.05, 0) is 53.6 Å². The minimum Gasteiger partial charge on any atom is -0.397 e. The summed E-state index contributed by atoms with van der Waals surface area (Å²) < 4.78 is 0. The Kier molecular flexibility index (Phi) is 1.96. The molecule has 4 N–H and O–H groups in total. The molecule has 1 aliphatic rings. The van der Waals surface area contributed by atoms with Crippen LogP contribution in [-0.2, 0) is 6.42 Å². The number of hydrogen-bond donors (Lipinski definition) is 2. The second-order valence-corrected chi connectivity index (χ2v) is 4.76. The van der Waals surface area contributed by atoms with Crippen LogP contribution in [0.4, 0.5) is 11.4 Å². The van der Waals surface area contributed by atoms with E-state index in [0.29, 0.717) is 0 Å². The van der Waals surface area contributed by atoms with Gasteiger partial charge in [0.25, 0.3) is 0 Å². The minimum atomic E-state index is 0.734. The Balaban J connectivity index is 2.41. The summed E-state index contributed by atoms with van der Waals surface area (Å²) in [5.41, 5.74) is 21.2. The summed E-state index contributed by atoms with van der Waals surface area (Å²) in [5.74, 6) is 0. The van der Waals surface area contributed by atoms with Crippen LogP contribution in [0.1, 0.15) is 22.3 Å². The normalized spacial score (nSPS) is 12.4. The van der Waals surface area contributed by atoms with E-state index in [2.05, 4.69) is 38.1 Å². The van der Waals surface area contributed by atoms with Crippen molar-refractivity contribution in [2.24, 2.45) is 0 Å². The van der Waals surface area contributed by atoms with Crippen molar-refractivity contribution in [2.75, 3.05) is 11.5 Å². The first kappa shape index (κ1) is 10.2. The largest absolute Gasteiger partial charge is 0.397 e. The van der Waals surface area contributed by atoms with Gasteiger partial charge in [0.15, 0.2) is 0 Å². The molecule has 0 atom stereocenters. The molecule has 0 unspecified atom stereocenters. The third-order valence-corrected chi connectivity index (χ3v) is 3.88. The van der Waals surface area contributed by atoms with Gasteiger partial charge in [0, 0.05) is 0 Å². The zero-order chi connectivity index (χ0) is 12.2. The van der Waals surface area contributed by atoms with Crippen LogP contribution in [0.2, 0.25) is 0 Å². The molecule has 0 amide bonds. The highest BCUT2D eigenvalue weighted by molar-refractivity contribution is 5.89. The smallest absolute Gasteiger partial charge is 0.0586 e. The molecule has 2 aromatic rings. The van der Waals surface area contributed by atoms with Crippen molar-refractivity contribution in [3.05, 3.63) is 46.5 Å². The van der Waals surface area contributed by atoms with Crippen molar-refractivity contribution in [3.63, 3.8) is 0 Å². The maximum atomic E-state index is 6.09. The molecule has 0 heterocycles. The van der Waals surface area contributed by atoms with Gasteiger partial charge < -0.3 is 11.5 Å². The van der Waals surface area contributed by atoms with Gasteiger partial charge in [-0.1, -0.05) is 24.3 Å². The Morgan fingerprint density at radius 3 is 2.35 bits per heavy atom. The van der Waals surface area contributed by atoms with Crippen LogP contribution in [0.15, 0.2) is 24.3 Å². The number of fused-ring (bicyclic) bond motifs is 3. The van der Waals surface area contributed by atoms with Crippen molar-refractivity contribution in [1.29, 1.82) is 0 Å². The van der Waals surface area contributed by atoms with Crippen LogP contribution in [0.5, 0.6) is 0 Å². The molecule has 17 heavy (non-hydrogen) atoms. The number of nitrogens with two attached hydrogens (primary N) is 2. The summed E-state index contributed by atoms with van der Waals surface area (Å²) in [6.45, 7) is 4.13. The van der Waals surface area contributed by atoms with E-state index in [-0.39, 0.29) is 0 Å². The average molecular weight is 224 g/mol. The van der Waals surface area contributed by atoms with Gasteiger partial charge in [-0.15, -0.1) is 0 Å². The van der Waals surface area contributed by atoms with Crippen LogP contribution in [-0.4, -0.2) is 0 Å². The Labute approximate surface area is 101 Å². The molecule has 0 saturated heterocycles. The maximum Gasteiger partial charge on any atom is 0.0586 e. The number of benzene rings is 2. The second-order valence-electron chi connectivity index (χ2n) is 4.76. The molecule has 2 nitrogen and oxygen atoms in total. The maximum absolute atomic E-state index is 6.09. The summed E-state index contributed by atoms with van der Waals surface area (Å²) in [5, 5.41) is 0. The molecule has 0 spiro atoms. The van der Waals surface area contributed by atoms with Gasteiger partial charge in [0.2, 0.25) is 0 Å². The lowest BCUT2D eigenvalue weighted by Gasteiger charge is -2.15. The lowest BCUT2D eigenvalue weighted by atomic mass is 9.94. The topological polar surface area (TPSA) is 52.0 Å². The molecule has 3 rings (SSSR count). The van der Waals surface area contributed by atoms with Crippen LogP contribution in [0.25, 0.3) is 11.1 Å². The van der Waals surface area contributed by atoms with Gasteiger partial charge in [-0.3, -0.25) is 0 Å². The minimum absolute atomic E-state index is 0.734. The van der Waals surface area contributed by atoms with Crippen LogP contribution in [0.3, 0.4) is 0 Å². The lowest BCUT2D eigenvalue weighted by Crippen LogP contribution is -2.04. The first-order valence-electron chi connectivity index (χ1n) is 5.86. The molecular weight excluding hydrogens is 208 g/mol. The van der Waals surface area contributed by atoms with E-state index >= 15 is 0 Å². The third kappa shape index (κ3) is 1.21. The van der Waals surface area contributed by atoms with E-state index in [9.17, 15) is 0 Å². The monoisotopic (exact) mass is 224 g/mol. The molecule has 0 saturated carbocycles. The Morgan fingerprint density at radius 1 is 0.941 bits per heavy atom. The average Bonchev–Trinajstić information content (AvgIpc) is 2.73. The van der Waals surface area contributed by atoms with E-state index in [0.717, 1.165) is 28.9 Å². The van der Waals surface area contributed by atoms with Crippen molar-refractivity contribution in [2.45, 2.75) is 20.3 Å². The van der Waals surface area contributed by atoms with E-state index in [4.69, 9.17) is 11.5 Å². The quantitative estimate of drug-likeness (QED) is 0.577. The van der Waals surface area contributed by atoms with E-state index in [1.807, 2.05) is 0 Å². The SMILES string of the molecule is Cc1c(N)c(N)c(C)c2c1Cc1ccccc1-2. The fourth-order valence-corrected chi connectivity index (χ4v) is 2.81.